The van der Waals surface area contributed by atoms with Crippen molar-refractivity contribution in [2.75, 3.05) is 10.6 Å². The normalized spacial score (nSPS) is 15.4. The average molecular weight is 365 g/mol. The van der Waals surface area contributed by atoms with Crippen molar-refractivity contribution in [3.05, 3.63) is 35.3 Å². The molecule has 0 unspecified atom stereocenters. The third kappa shape index (κ3) is 4.90. The van der Waals surface area contributed by atoms with Gasteiger partial charge in [0, 0.05) is 5.70 Å². The highest BCUT2D eigenvalue weighted by atomic mass is 32.1. The van der Waals surface area contributed by atoms with Gasteiger partial charge in [0.25, 0.3) is 5.91 Å². The smallest absolute Gasteiger partial charge is 0.250 e. The van der Waals surface area contributed by atoms with Gasteiger partial charge in [0.05, 0.1) is 16.9 Å². The van der Waals surface area contributed by atoms with E-state index in [4.69, 9.17) is 29.4 Å². The van der Waals surface area contributed by atoms with Crippen LogP contribution in [0.15, 0.2) is 23.9 Å². The van der Waals surface area contributed by atoms with Gasteiger partial charge in [0.15, 0.2) is 0 Å². The summed E-state index contributed by atoms with van der Waals surface area (Å²) in [7, 11) is 0. The molecule has 1 atom stereocenters. The molecule has 0 saturated heterocycles. The van der Waals surface area contributed by atoms with Crippen molar-refractivity contribution in [2.45, 2.75) is 25.8 Å². The van der Waals surface area contributed by atoms with Crippen LogP contribution >= 0.6 is 12.2 Å². The Morgan fingerprint density at radius 2 is 1.92 bits per heavy atom. The Labute approximate surface area is 149 Å². The number of amides is 2. The van der Waals surface area contributed by atoms with Crippen molar-refractivity contribution >= 4 is 40.4 Å². The largest absolute Gasteiger partial charge is 0.402 e. The third-order valence-corrected chi connectivity index (χ3v) is 3.92. The molecule has 1 aliphatic rings. The molecule has 1 aromatic carbocycles. The first-order chi connectivity index (χ1) is 11.7. The quantitative estimate of drug-likeness (QED) is 0.364. The SMILES string of the molecule is CC(N)=CC(=S)Nc1cc(N[C@@H](C(N)=O)C2CC2)c(F)cc1C(N)=O. The molecule has 0 aliphatic heterocycles. The topological polar surface area (TPSA) is 136 Å². The van der Waals surface area contributed by atoms with Crippen LogP contribution in [0.2, 0.25) is 0 Å². The zero-order valence-corrected chi connectivity index (χ0v) is 14.5. The molecule has 2 amide bonds. The van der Waals surface area contributed by atoms with Crippen LogP contribution in [-0.2, 0) is 4.79 Å². The first kappa shape index (κ1) is 18.7. The lowest BCUT2D eigenvalue weighted by Crippen LogP contribution is -2.37. The number of primary amides is 2. The van der Waals surface area contributed by atoms with E-state index in [-0.39, 0.29) is 27.8 Å². The first-order valence-electron chi connectivity index (χ1n) is 7.63. The van der Waals surface area contributed by atoms with E-state index in [1.165, 1.54) is 12.1 Å². The van der Waals surface area contributed by atoms with Gasteiger partial charge >= 0.3 is 0 Å². The lowest BCUT2D eigenvalue weighted by Gasteiger charge is -2.19. The van der Waals surface area contributed by atoms with Crippen molar-refractivity contribution in [1.82, 2.24) is 0 Å². The lowest BCUT2D eigenvalue weighted by atomic mass is 10.1. The number of allylic oxidation sites excluding steroid dienone is 1. The Morgan fingerprint density at radius 1 is 1.28 bits per heavy atom. The summed E-state index contributed by atoms with van der Waals surface area (Å²) in [5.74, 6) is -2.03. The minimum atomic E-state index is -0.821. The van der Waals surface area contributed by atoms with Gasteiger partial charge in [-0.3, -0.25) is 9.59 Å². The summed E-state index contributed by atoms with van der Waals surface area (Å²) in [6.45, 7) is 1.65. The van der Waals surface area contributed by atoms with Crippen molar-refractivity contribution < 1.29 is 14.0 Å². The Bertz CT molecular complexity index is 757. The minimum absolute atomic E-state index is 0.0273. The van der Waals surface area contributed by atoms with Gasteiger partial charge in [-0.25, -0.2) is 4.39 Å². The van der Waals surface area contributed by atoms with Gasteiger partial charge in [0.2, 0.25) is 5.91 Å². The second kappa shape index (κ2) is 7.47. The van der Waals surface area contributed by atoms with Gasteiger partial charge < -0.3 is 27.8 Å². The van der Waals surface area contributed by atoms with E-state index in [0.717, 1.165) is 18.9 Å². The van der Waals surface area contributed by atoms with Crippen molar-refractivity contribution in [2.24, 2.45) is 23.1 Å². The van der Waals surface area contributed by atoms with Crippen molar-refractivity contribution in [1.29, 1.82) is 0 Å². The number of anilines is 2. The van der Waals surface area contributed by atoms with Gasteiger partial charge in [-0.15, -0.1) is 0 Å². The number of rotatable bonds is 7. The van der Waals surface area contributed by atoms with Crippen LogP contribution in [0.1, 0.15) is 30.1 Å². The number of carbonyl (C=O) groups excluding carboxylic acids is 2. The highest BCUT2D eigenvalue weighted by Crippen LogP contribution is 2.35. The first-order valence-corrected chi connectivity index (χ1v) is 8.03. The number of hydrogen-bond donors (Lipinski definition) is 5. The zero-order chi connectivity index (χ0) is 18.7. The van der Waals surface area contributed by atoms with E-state index in [2.05, 4.69) is 10.6 Å². The fourth-order valence-electron chi connectivity index (χ4n) is 2.39. The summed E-state index contributed by atoms with van der Waals surface area (Å²) in [6.07, 6.45) is 3.17. The van der Waals surface area contributed by atoms with E-state index >= 15 is 0 Å². The van der Waals surface area contributed by atoms with Crippen LogP contribution in [0, 0.1) is 11.7 Å². The molecule has 7 nitrogen and oxygen atoms in total. The molecule has 0 radical (unpaired) electrons. The molecular weight excluding hydrogens is 345 g/mol. The molecular formula is C16H20FN5O2S. The van der Waals surface area contributed by atoms with Gasteiger partial charge in [-0.1, -0.05) is 12.2 Å². The molecule has 0 heterocycles. The molecule has 2 rings (SSSR count). The molecule has 0 spiro atoms. The highest BCUT2D eigenvalue weighted by Gasteiger charge is 2.35. The van der Waals surface area contributed by atoms with Gasteiger partial charge in [0.1, 0.15) is 16.8 Å². The molecule has 1 aromatic rings. The van der Waals surface area contributed by atoms with Crippen LogP contribution in [0.4, 0.5) is 15.8 Å². The van der Waals surface area contributed by atoms with Crippen molar-refractivity contribution in [3.8, 4) is 0 Å². The van der Waals surface area contributed by atoms with E-state index in [1.54, 1.807) is 6.92 Å². The second-order valence-electron chi connectivity index (χ2n) is 5.98. The number of nitrogens with one attached hydrogen (secondary N) is 2. The van der Waals surface area contributed by atoms with Crippen LogP contribution < -0.4 is 27.8 Å². The fraction of sp³-hybridized carbons (Fsp3) is 0.312. The van der Waals surface area contributed by atoms with Crippen LogP contribution in [0.3, 0.4) is 0 Å². The zero-order valence-electron chi connectivity index (χ0n) is 13.6. The predicted octanol–water partition coefficient (Wildman–Crippen LogP) is 1.20. The van der Waals surface area contributed by atoms with Crippen LogP contribution in [-0.4, -0.2) is 22.8 Å². The summed E-state index contributed by atoms with van der Waals surface area (Å²) < 4.78 is 14.3. The molecule has 1 fully saturated rings. The summed E-state index contributed by atoms with van der Waals surface area (Å²) >= 11 is 5.11. The van der Waals surface area contributed by atoms with Crippen LogP contribution in [0.5, 0.6) is 0 Å². The standard InChI is InChI=1S/C16H20FN5O2S/c1-7(18)4-13(25)21-11-6-12(10(17)5-9(11)15(19)23)22-14(16(20)24)8-2-3-8/h4-6,8,14,22H,2-3,18H2,1H3,(H2,19,23)(H2,20,24)(H,21,25)/t14-/m1/s1. The van der Waals surface area contributed by atoms with Gasteiger partial charge in [-0.2, -0.15) is 0 Å². The van der Waals surface area contributed by atoms with E-state index in [0.29, 0.717) is 5.70 Å². The molecule has 25 heavy (non-hydrogen) atoms. The molecule has 1 saturated carbocycles. The second-order valence-corrected chi connectivity index (χ2v) is 6.42. The Hall–Kier alpha value is -2.68. The van der Waals surface area contributed by atoms with Crippen LogP contribution in [0.25, 0.3) is 0 Å². The van der Waals surface area contributed by atoms with Gasteiger partial charge in [-0.05, 0) is 43.9 Å². The maximum Gasteiger partial charge on any atom is 0.250 e. The molecule has 0 bridgehead atoms. The highest BCUT2D eigenvalue weighted by molar-refractivity contribution is 7.81. The number of thiocarbonyl (C=S) groups is 1. The minimum Gasteiger partial charge on any atom is -0.402 e. The molecule has 0 aromatic heterocycles. The number of halogens is 1. The maximum absolute atomic E-state index is 14.3. The summed E-state index contributed by atoms with van der Waals surface area (Å²) in [5.41, 5.74) is 16.8. The summed E-state index contributed by atoms with van der Waals surface area (Å²) in [5, 5.41) is 5.59. The third-order valence-electron chi connectivity index (χ3n) is 3.70. The Morgan fingerprint density at radius 3 is 2.40 bits per heavy atom. The number of benzene rings is 1. The number of nitrogens with two attached hydrogens (primary N) is 3. The molecule has 9 heteroatoms. The Kier molecular flexibility index (Phi) is 5.58. The number of hydrogen-bond acceptors (Lipinski definition) is 5. The Balaban J connectivity index is 2.36. The molecule has 1 aliphatic carbocycles. The summed E-state index contributed by atoms with van der Waals surface area (Å²) in [6, 6.07) is 1.64. The molecule has 134 valence electrons. The fourth-order valence-corrected chi connectivity index (χ4v) is 2.68. The number of carbonyl (C=O) groups is 2. The predicted molar refractivity (Wildman–Crippen MR) is 98.4 cm³/mol. The monoisotopic (exact) mass is 365 g/mol. The lowest BCUT2D eigenvalue weighted by molar-refractivity contribution is -0.119. The van der Waals surface area contributed by atoms with E-state index in [1.807, 2.05) is 0 Å². The van der Waals surface area contributed by atoms with Crippen molar-refractivity contribution in [3.63, 3.8) is 0 Å². The van der Waals surface area contributed by atoms with E-state index in [9.17, 15) is 14.0 Å². The molecule has 8 N–H and O–H groups in total. The summed E-state index contributed by atoms with van der Waals surface area (Å²) in [4.78, 5) is 23.4. The van der Waals surface area contributed by atoms with E-state index < -0.39 is 23.7 Å². The maximum atomic E-state index is 14.3. The average Bonchev–Trinajstić information content (AvgIpc) is 3.30.